The molecule has 0 N–H and O–H groups in total. The molecule has 0 amide bonds. The van der Waals surface area contributed by atoms with E-state index < -0.39 is 0 Å². The summed E-state index contributed by atoms with van der Waals surface area (Å²) in [5, 5.41) is 12.9. The monoisotopic (exact) mass is 387 g/mol. The maximum absolute atomic E-state index is 5.57. The largest absolute Gasteiger partial charge is 0.493 e. The number of hydrogen-bond donors (Lipinski definition) is 0. The third-order valence-electron chi connectivity index (χ3n) is 5.91. The second-order valence-corrected chi connectivity index (χ2v) is 8.08. The molecule has 1 aromatic heterocycles. The summed E-state index contributed by atoms with van der Waals surface area (Å²) in [6, 6.07) is 6.12. The summed E-state index contributed by atoms with van der Waals surface area (Å²) >= 11 is 0. The molecule has 1 aliphatic rings. The fraction of sp³-hybridized carbons (Fsp3) is 0.667. The molecule has 3 rings (SSSR count). The van der Waals surface area contributed by atoms with Crippen LogP contribution in [0.15, 0.2) is 18.2 Å². The average Bonchev–Trinajstić information content (AvgIpc) is 3.05. The summed E-state index contributed by atoms with van der Waals surface area (Å²) in [5.41, 5.74) is 0.974. The Morgan fingerprint density at radius 2 is 1.71 bits per heavy atom. The number of nitrogens with zero attached hydrogens (tertiary/aromatic N) is 5. The van der Waals surface area contributed by atoms with Gasteiger partial charge in [-0.25, -0.2) is 4.68 Å². The van der Waals surface area contributed by atoms with Gasteiger partial charge in [-0.2, -0.15) is 0 Å². The Kier molecular flexibility index (Phi) is 6.54. The smallest absolute Gasteiger partial charge is 0.173 e. The molecule has 0 spiro atoms. The van der Waals surface area contributed by atoms with Crippen molar-refractivity contribution in [3.05, 3.63) is 29.6 Å². The van der Waals surface area contributed by atoms with Crippen molar-refractivity contribution in [3.8, 4) is 11.5 Å². The summed E-state index contributed by atoms with van der Waals surface area (Å²) in [7, 11) is 3.33. The minimum Gasteiger partial charge on any atom is -0.493 e. The van der Waals surface area contributed by atoms with Crippen LogP contribution in [0.3, 0.4) is 0 Å². The summed E-state index contributed by atoms with van der Waals surface area (Å²) < 4.78 is 13.0. The number of ether oxygens (including phenoxy) is 2. The first-order chi connectivity index (χ1) is 13.5. The van der Waals surface area contributed by atoms with E-state index in [4.69, 9.17) is 9.47 Å². The van der Waals surface area contributed by atoms with Crippen LogP contribution >= 0.6 is 0 Å². The first-order valence-corrected chi connectivity index (χ1v) is 10.3. The molecule has 2 aromatic rings. The Bertz CT molecular complexity index is 766. The molecule has 1 aliphatic heterocycles. The molecule has 7 nitrogen and oxygen atoms in total. The number of hydrogen-bond acceptors (Lipinski definition) is 6. The van der Waals surface area contributed by atoms with Crippen LogP contribution in [0, 0.1) is 0 Å². The first kappa shape index (κ1) is 20.6. The second kappa shape index (κ2) is 8.90. The van der Waals surface area contributed by atoms with Crippen LogP contribution in [0.25, 0.3) is 0 Å². The standard InChI is InChI=1S/C21H33N5O2/c1-6-21(2,3)26-20(22-23-24-26)19(25-13-9-7-8-10-14-25)16-11-12-17(27-4)18(15-16)28-5/h11-12,15,19H,6-10,13-14H2,1-5H3/t19-/m0/s1. The molecule has 0 radical (unpaired) electrons. The zero-order valence-electron chi connectivity index (χ0n) is 17.8. The third kappa shape index (κ3) is 4.14. The zero-order chi connectivity index (χ0) is 20.1. The van der Waals surface area contributed by atoms with Gasteiger partial charge in [-0.3, -0.25) is 4.90 Å². The van der Waals surface area contributed by atoms with E-state index in [2.05, 4.69) is 53.3 Å². The van der Waals surface area contributed by atoms with Gasteiger partial charge >= 0.3 is 0 Å². The van der Waals surface area contributed by atoms with E-state index in [-0.39, 0.29) is 11.6 Å². The number of tetrazole rings is 1. The Morgan fingerprint density at radius 1 is 1.04 bits per heavy atom. The fourth-order valence-electron chi connectivity index (χ4n) is 3.84. The molecule has 0 bridgehead atoms. The molecular formula is C21H33N5O2. The van der Waals surface area contributed by atoms with Gasteiger partial charge in [0.2, 0.25) is 0 Å². The van der Waals surface area contributed by atoms with Crippen LogP contribution in [0.2, 0.25) is 0 Å². The molecule has 1 atom stereocenters. The Balaban J connectivity index is 2.10. The van der Waals surface area contributed by atoms with E-state index in [1.54, 1.807) is 14.2 Å². The molecule has 1 fully saturated rings. The molecular weight excluding hydrogens is 354 g/mol. The van der Waals surface area contributed by atoms with E-state index in [0.717, 1.165) is 42.4 Å². The maximum Gasteiger partial charge on any atom is 0.173 e. The minimum absolute atomic E-state index is 0.0151. The summed E-state index contributed by atoms with van der Waals surface area (Å²) in [6.45, 7) is 8.61. The topological polar surface area (TPSA) is 65.3 Å². The van der Waals surface area contributed by atoms with E-state index in [1.807, 2.05) is 10.7 Å². The van der Waals surface area contributed by atoms with Crippen molar-refractivity contribution >= 4 is 0 Å². The molecule has 2 heterocycles. The van der Waals surface area contributed by atoms with Crippen molar-refractivity contribution in [2.45, 2.75) is 64.5 Å². The quantitative estimate of drug-likeness (QED) is 0.720. The van der Waals surface area contributed by atoms with Crippen molar-refractivity contribution in [2.24, 2.45) is 0 Å². The Morgan fingerprint density at radius 3 is 2.32 bits per heavy atom. The lowest BCUT2D eigenvalue weighted by Crippen LogP contribution is -2.36. The molecule has 7 heteroatoms. The van der Waals surface area contributed by atoms with Gasteiger partial charge in [0.25, 0.3) is 0 Å². The molecule has 0 unspecified atom stereocenters. The van der Waals surface area contributed by atoms with Crippen molar-refractivity contribution in [2.75, 3.05) is 27.3 Å². The lowest BCUT2D eigenvalue weighted by molar-refractivity contribution is 0.202. The lowest BCUT2D eigenvalue weighted by Gasteiger charge is -2.33. The van der Waals surface area contributed by atoms with Gasteiger partial charge in [0.1, 0.15) is 0 Å². The first-order valence-electron chi connectivity index (χ1n) is 10.3. The van der Waals surface area contributed by atoms with Gasteiger partial charge in [-0.05, 0) is 74.3 Å². The molecule has 0 aliphatic carbocycles. The van der Waals surface area contributed by atoms with Gasteiger partial charge in [0, 0.05) is 0 Å². The summed E-state index contributed by atoms with van der Waals surface area (Å²) in [6.07, 6.45) is 5.90. The number of likely N-dealkylation sites (tertiary alicyclic amines) is 1. The van der Waals surface area contributed by atoms with E-state index in [0.29, 0.717) is 0 Å². The van der Waals surface area contributed by atoms with Crippen LogP contribution < -0.4 is 9.47 Å². The predicted octanol–water partition coefficient (Wildman–Crippen LogP) is 3.80. The Hall–Kier alpha value is -2.15. The Labute approximate surface area is 168 Å². The minimum atomic E-state index is -0.153. The highest BCUT2D eigenvalue weighted by Gasteiger charge is 2.33. The SMILES string of the molecule is CCC(C)(C)n1nnnc1[C@H](c1ccc(OC)c(OC)c1)N1CCCCCC1. The van der Waals surface area contributed by atoms with Crippen LogP contribution in [0.1, 0.15) is 70.3 Å². The van der Waals surface area contributed by atoms with E-state index in [9.17, 15) is 0 Å². The van der Waals surface area contributed by atoms with Crippen molar-refractivity contribution in [3.63, 3.8) is 0 Å². The van der Waals surface area contributed by atoms with Crippen molar-refractivity contribution in [1.29, 1.82) is 0 Å². The number of aromatic nitrogens is 4. The summed E-state index contributed by atoms with van der Waals surface area (Å²) in [4.78, 5) is 2.52. The number of methoxy groups -OCH3 is 2. The second-order valence-electron chi connectivity index (χ2n) is 8.08. The molecule has 1 saturated heterocycles. The number of benzene rings is 1. The van der Waals surface area contributed by atoms with Crippen LogP contribution in [0.4, 0.5) is 0 Å². The highest BCUT2D eigenvalue weighted by Crippen LogP contribution is 2.36. The van der Waals surface area contributed by atoms with Gasteiger partial charge in [-0.15, -0.1) is 5.10 Å². The van der Waals surface area contributed by atoms with Crippen molar-refractivity contribution in [1.82, 2.24) is 25.1 Å². The third-order valence-corrected chi connectivity index (χ3v) is 5.91. The lowest BCUT2D eigenvalue weighted by atomic mass is 9.99. The molecule has 0 saturated carbocycles. The highest BCUT2D eigenvalue weighted by atomic mass is 16.5. The fourth-order valence-corrected chi connectivity index (χ4v) is 3.84. The van der Waals surface area contributed by atoms with Gasteiger partial charge in [0.05, 0.1) is 25.8 Å². The van der Waals surface area contributed by atoms with E-state index >= 15 is 0 Å². The van der Waals surface area contributed by atoms with Gasteiger partial charge in [-0.1, -0.05) is 25.8 Å². The van der Waals surface area contributed by atoms with Crippen LogP contribution in [-0.2, 0) is 5.54 Å². The summed E-state index contributed by atoms with van der Waals surface area (Å²) in [5.74, 6) is 2.35. The highest BCUT2D eigenvalue weighted by molar-refractivity contribution is 5.45. The van der Waals surface area contributed by atoms with E-state index in [1.165, 1.54) is 25.7 Å². The van der Waals surface area contributed by atoms with Gasteiger partial charge in [0.15, 0.2) is 17.3 Å². The molecule has 28 heavy (non-hydrogen) atoms. The van der Waals surface area contributed by atoms with Gasteiger partial charge < -0.3 is 9.47 Å². The normalized spacial score (nSPS) is 17.2. The predicted molar refractivity (Wildman–Crippen MR) is 109 cm³/mol. The number of rotatable bonds is 7. The van der Waals surface area contributed by atoms with Crippen LogP contribution in [0.5, 0.6) is 11.5 Å². The van der Waals surface area contributed by atoms with Crippen LogP contribution in [-0.4, -0.2) is 52.4 Å². The zero-order valence-corrected chi connectivity index (χ0v) is 17.8. The van der Waals surface area contributed by atoms with Crippen molar-refractivity contribution < 1.29 is 9.47 Å². The average molecular weight is 388 g/mol. The maximum atomic E-state index is 5.57. The molecule has 1 aromatic carbocycles. The molecule has 154 valence electrons.